The highest BCUT2D eigenvalue weighted by Crippen LogP contribution is 2.29. The Morgan fingerprint density at radius 1 is 1.17 bits per heavy atom. The van der Waals surface area contributed by atoms with Gasteiger partial charge >= 0.3 is 12.2 Å². The van der Waals surface area contributed by atoms with Crippen molar-refractivity contribution in [1.29, 1.82) is 0 Å². The number of nitrogens with zero attached hydrogens (tertiary/aromatic N) is 3. The number of alkyl halides is 3. The first kappa shape index (κ1) is 21.6. The molecule has 0 radical (unpaired) electrons. The lowest BCUT2D eigenvalue weighted by Gasteiger charge is -2.33. The number of carbonyl (C=O) groups excluding carboxylic acids is 1. The van der Waals surface area contributed by atoms with Crippen LogP contribution in [0.25, 0.3) is 0 Å². The topological polar surface area (TPSA) is 69.7 Å². The molecule has 2 aliphatic rings. The molecule has 2 saturated heterocycles. The number of morpholine rings is 1. The molecule has 0 saturated carbocycles. The van der Waals surface area contributed by atoms with Crippen LogP contribution >= 0.6 is 0 Å². The summed E-state index contributed by atoms with van der Waals surface area (Å²) >= 11 is 0. The van der Waals surface area contributed by atoms with Gasteiger partial charge in [0.15, 0.2) is 0 Å². The number of halogens is 3. The van der Waals surface area contributed by atoms with Gasteiger partial charge in [-0.1, -0.05) is 0 Å². The molecule has 29 heavy (non-hydrogen) atoms. The SMILES string of the molecule is O=C(NCCCN1CCOCC1)NC1CCN(c2ccc(C(F)(F)F)cn2)CC1. The van der Waals surface area contributed by atoms with Gasteiger partial charge in [-0.15, -0.1) is 0 Å². The van der Waals surface area contributed by atoms with Gasteiger partial charge < -0.3 is 20.3 Å². The zero-order valence-electron chi connectivity index (χ0n) is 16.4. The minimum Gasteiger partial charge on any atom is -0.379 e. The predicted molar refractivity (Wildman–Crippen MR) is 103 cm³/mol. The molecule has 0 spiro atoms. The van der Waals surface area contributed by atoms with Crippen molar-refractivity contribution in [3.05, 3.63) is 23.9 Å². The largest absolute Gasteiger partial charge is 0.417 e. The second-order valence-electron chi connectivity index (χ2n) is 7.37. The molecule has 3 heterocycles. The Morgan fingerprint density at radius 3 is 2.52 bits per heavy atom. The highest BCUT2D eigenvalue weighted by Gasteiger charge is 2.31. The lowest BCUT2D eigenvalue weighted by molar-refractivity contribution is -0.137. The van der Waals surface area contributed by atoms with Crippen molar-refractivity contribution in [1.82, 2.24) is 20.5 Å². The van der Waals surface area contributed by atoms with Crippen LogP contribution in [0.15, 0.2) is 18.3 Å². The van der Waals surface area contributed by atoms with Gasteiger partial charge in [-0.3, -0.25) is 4.90 Å². The maximum absolute atomic E-state index is 12.6. The van der Waals surface area contributed by atoms with Crippen molar-refractivity contribution in [2.24, 2.45) is 0 Å². The summed E-state index contributed by atoms with van der Waals surface area (Å²) in [4.78, 5) is 20.3. The average Bonchev–Trinajstić information content (AvgIpc) is 2.72. The molecule has 3 rings (SSSR count). The van der Waals surface area contributed by atoms with Crippen LogP contribution in [0.4, 0.5) is 23.8 Å². The minimum atomic E-state index is -4.38. The van der Waals surface area contributed by atoms with E-state index < -0.39 is 11.7 Å². The number of carbonyl (C=O) groups is 1. The number of amides is 2. The fourth-order valence-electron chi connectivity index (χ4n) is 3.56. The Labute approximate surface area is 168 Å². The first-order valence-corrected chi connectivity index (χ1v) is 10.0. The standard InChI is InChI=1S/C19H28F3N5O2/c20-19(21,22)15-2-3-17(24-14-15)27-8-4-16(5-9-27)25-18(28)23-6-1-7-26-10-12-29-13-11-26/h2-3,14,16H,1,4-13H2,(H2,23,25,28). The van der Waals surface area contributed by atoms with Gasteiger partial charge in [0.1, 0.15) is 5.82 Å². The van der Waals surface area contributed by atoms with Crippen LogP contribution in [-0.2, 0) is 10.9 Å². The van der Waals surface area contributed by atoms with E-state index in [9.17, 15) is 18.0 Å². The highest BCUT2D eigenvalue weighted by molar-refractivity contribution is 5.74. The molecular weight excluding hydrogens is 387 g/mol. The molecule has 0 atom stereocenters. The van der Waals surface area contributed by atoms with Crippen molar-refractivity contribution < 1.29 is 22.7 Å². The summed E-state index contributed by atoms with van der Waals surface area (Å²) in [5.74, 6) is 0.531. The molecule has 1 aromatic heterocycles. The Morgan fingerprint density at radius 2 is 1.90 bits per heavy atom. The van der Waals surface area contributed by atoms with Crippen molar-refractivity contribution in [3.8, 4) is 0 Å². The van der Waals surface area contributed by atoms with Crippen LogP contribution in [0.1, 0.15) is 24.8 Å². The number of urea groups is 1. The summed E-state index contributed by atoms with van der Waals surface area (Å²) in [6.07, 6.45) is -1.17. The summed E-state index contributed by atoms with van der Waals surface area (Å²) in [7, 11) is 0. The second kappa shape index (κ2) is 10.1. The summed E-state index contributed by atoms with van der Waals surface area (Å²) in [6.45, 7) is 6.28. The predicted octanol–water partition coefficient (Wildman–Crippen LogP) is 2.09. The van der Waals surface area contributed by atoms with Gasteiger partial charge in [-0.25, -0.2) is 9.78 Å². The third-order valence-electron chi connectivity index (χ3n) is 5.27. The van der Waals surface area contributed by atoms with Crippen LogP contribution in [0, 0.1) is 0 Å². The van der Waals surface area contributed by atoms with E-state index in [0.717, 1.165) is 64.4 Å². The number of hydrogen-bond donors (Lipinski definition) is 2. The zero-order valence-corrected chi connectivity index (χ0v) is 16.4. The molecule has 0 aromatic carbocycles. The Hall–Kier alpha value is -2.07. The van der Waals surface area contributed by atoms with Crippen LogP contribution in [-0.4, -0.2) is 74.4 Å². The van der Waals surface area contributed by atoms with Crippen molar-refractivity contribution in [3.63, 3.8) is 0 Å². The third-order valence-corrected chi connectivity index (χ3v) is 5.27. The van der Waals surface area contributed by atoms with E-state index in [1.54, 1.807) is 0 Å². The molecule has 2 fully saturated rings. The van der Waals surface area contributed by atoms with Crippen molar-refractivity contribution in [2.75, 3.05) is 57.4 Å². The van der Waals surface area contributed by atoms with Gasteiger partial charge in [-0.05, 0) is 37.9 Å². The van der Waals surface area contributed by atoms with Gasteiger partial charge in [0, 0.05) is 45.0 Å². The second-order valence-corrected chi connectivity index (χ2v) is 7.37. The Balaban J connectivity index is 1.32. The van der Waals surface area contributed by atoms with E-state index in [0.29, 0.717) is 25.5 Å². The molecule has 0 bridgehead atoms. The lowest BCUT2D eigenvalue weighted by Crippen LogP contribution is -2.48. The van der Waals surface area contributed by atoms with E-state index in [1.807, 2.05) is 4.90 Å². The van der Waals surface area contributed by atoms with E-state index in [4.69, 9.17) is 4.74 Å². The highest BCUT2D eigenvalue weighted by atomic mass is 19.4. The fourth-order valence-corrected chi connectivity index (χ4v) is 3.56. The lowest BCUT2D eigenvalue weighted by atomic mass is 10.1. The van der Waals surface area contributed by atoms with Gasteiger partial charge in [0.25, 0.3) is 0 Å². The van der Waals surface area contributed by atoms with Crippen molar-refractivity contribution in [2.45, 2.75) is 31.5 Å². The number of pyridine rings is 1. The van der Waals surface area contributed by atoms with Crippen LogP contribution < -0.4 is 15.5 Å². The van der Waals surface area contributed by atoms with Crippen LogP contribution in [0.3, 0.4) is 0 Å². The molecule has 162 valence electrons. The van der Waals surface area contributed by atoms with Gasteiger partial charge in [0.2, 0.25) is 0 Å². The molecule has 2 N–H and O–H groups in total. The number of nitrogens with one attached hydrogen (secondary N) is 2. The van der Waals surface area contributed by atoms with Crippen LogP contribution in [0.2, 0.25) is 0 Å². The molecular formula is C19H28F3N5O2. The molecule has 2 amide bonds. The monoisotopic (exact) mass is 415 g/mol. The number of aromatic nitrogens is 1. The number of rotatable bonds is 6. The maximum atomic E-state index is 12.6. The van der Waals surface area contributed by atoms with Gasteiger partial charge in [-0.2, -0.15) is 13.2 Å². The van der Waals surface area contributed by atoms with Crippen LogP contribution in [0.5, 0.6) is 0 Å². The summed E-state index contributed by atoms with van der Waals surface area (Å²) < 4.78 is 43.2. The van der Waals surface area contributed by atoms with Crippen molar-refractivity contribution >= 4 is 11.8 Å². The zero-order chi connectivity index (χ0) is 20.7. The molecule has 0 unspecified atom stereocenters. The average molecular weight is 415 g/mol. The molecule has 0 aliphatic carbocycles. The first-order valence-electron chi connectivity index (χ1n) is 10.0. The summed E-state index contributed by atoms with van der Waals surface area (Å²) in [5, 5.41) is 5.87. The molecule has 7 nitrogen and oxygen atoms in total. The summed E-state index contributed by atoms with van der Waals surface area (Å²) in [5.41, 5.74) is -0.747. The number of hydrogen-bond acceptors (Lipinski definition) is 5. The smallest absolute Gasteiger partial charge is 0.379 e. The summed E-state index contributed by atoms with van der Waals surface area (Å²) in [6, 6.07) is 2.34. The molecule has 2 aliphatic heterocycles. The molecule has 1 aromatic rings. The quantitative estimate of drug-likeness (QED) is 0.697. The van der Waals surface area contributed by atoms with Gasteiger partial charge in [0.05, 0.1) is 18.8 Å². The number of ether oxygens (including phenoxy) is 1. The Bertz CT molecular complexity index is 642. The number of anilines is 1. The van der Waals surface area contributed by atoms with E-state index in [1.165, 1.54) is 6.07 Å². The Kier molecular flexibility index (Phi) is 7.54. The van der Waals surface area contributed by atoms with E-state index in [-0.39, 0.29) is 12.1 Å². The third kappa shape index (κ3) is 6.74. The molecule has 10 heteroatoms. The minimum absolute atomic E-state index is 0.0555. The fraction of sp³-hybridized carbons (Fsp3) is 0.684. The van der Waals surface area contributed by atoms with E-state index in [2.05, 4.69) is 20.5 Å². The normalized spacial score (nSPS) is 19.2. The number of piperidine rings is 1. The first-order chi connectivity index (χ1) is 13.9. The maximum Gasteiger partial charge on any atom is 0.417 e. The van der Waals surface area contributed by atoms with E-state index >= 15 is 0 Å².